The second kappa shape index (κ2) is 2.35. The number of fused-ring (bicyclic) bond motifs is 1. The third-order valence-electron chi connectivity index (χ3n) is 2.14. The average Bonchev–Trinajstić information content (AvgIpc) is 1.95. The molecule has 1 aliphatic rings. The fraction of sp³-hybridized carbons (Fsp3) is 0.222. The van der Waals surface area contributed by atoms with Gasteiger partial charge in [0.2, 0.25) is 0 Å². The van der Waals surface area contributed by atoms with Crippen LogP contribution in [0.1, 0.15) is 17.0 Å². The van der Waals surface area contributed by atoms with E-state index in [1.165, 1.54) is 0 Å². The van der Waals surface area contributed by atoms with Crippen molar-refractivity contribution in [3.63, 3.8) is 0 Å². The summed E-state index contributed by atoms with van der Waals surface area (Å²) in [5.74, 6) is 0.101. The summed E-state index contributed by atoms with van der Waals surface area (Å²) in [6.07, 6.45) is 1.80. The van der Waals surface area contributed by atoms with Gasteiger partial charge in [-0.15, -0.1) is 0 Å². The van der Waals surface area contributed by atoms with Crippen LogP contribution in [0.2, 0.25) is 5.02 Å². The highest BCUT2D eigenvalue weighted by molar-refractivity contribution is 6.31. The molecule has 0 saturated heterocycles. The van der Waals surface area contributed by atoms with E-state index in [9.17, 15) is 4.79 Å². The molecule has 0 bridgehead atoms. The largest absolute Gasteiger partial charge is 0.303 e. The predicted octanol–water partition coefficient (Wildman–Crippen LogP) is 2.18. The number of rotatable bonds is 1. The Bertz CT molecular complexity index is 306. The molecule has 0 aromatic heterocycles. The van der Waals surface area contributed by atoms with Gasteiger partial charge in [-0.05, 0) is 23.6 Å². The van der Waals surface area contributed by atoms with Crippen LogP contribution in [-0.2, 0) is 11.2 Å². The molecule has 0 spiro atoms. The highest BCUT2D eigenvalue weighted by Crippen LogP contribution is 2.37. The number of carbonyl (C=O) groups is 1. The van der Waals surface area contributed by atoms with Crippen LogP contribution in [0.3, 0.4) is 0 Å². The number of carbonyl (C=O) groups excluding carboxylic acids is 1. The van der Waals surface area contributed by atoms with Crippen molar-refractivity contribution in [1.29, 1.82) is 0 Å². The minimum absolute atomic E-state index is 0.101. The fourth-order valence-electron chi connectivity index (χ4n) is 1.46. The molecule has 1 unspecified atom stereocenters. The van der Waals surface area contributed by atoms with Crippen LogP contribution in [0, 0.1) is 0 Å². The normalized spacial score (nSPS) is 20.3. The zero-order valence-corrected chi connectivity index (χ0v) is 6.64. The molecule has 56 valence electrons. The first-order valence-corrected chi connectivity index (χ1v) is 3.93. The summed E-state index contributed by atoms with van der Waals surface area (Å²) in [4.78, 5) is 10.4. The van der Waals surface area contributed by atoms with E-state index in [-0.39, 0.29) is 5.92 Å². The first-order valence-electron chi connectivity index (χ1n) is 3.55. The molecule has 2 rings (SSSR count). The Morgan fingerprint density at radius 2 is 2.36 bits per heavy atom. The lowest BCUT2D eigenvalue weighted by Gasteiger charge is -2.26. The molecule has 0 heterocycles. The maximum atomic E-state index is 10.4. The van der Waals surface area contributed by atoms with Gasteiger partial charge in [0.05, 0.1) is 0 Å². The summed E-state index contributed by atoms with van der Waals surface area (Å²) in [7, 11) is 0. The van der Waals surface area contributed by atoms with Gasteiger partial charge in [0.1, 0.15) is 6.29 Å². The van der Waals surface area contributed by atoms with Crippen molar-refractivity contribution in [3.05, 3.63) is 34.3 Å². The Morgan fingerprint density at radius 1 is 1.55 bits per heavy atom. The van der Waals surface area contributed by atoms with Crippen molar-refractivity contribution in [2.45, 2.75) is 12.3 Å². The SMILES string of the molecule is O=CC1Cc2c(Cl)cccc21. The number of aldehydes is 1. The third-order valence-corrected chi connectivity index (χ3v) is 2.50. The van der Waals surface area contributed by atoms with Gasteiger partial charge >= 0.3 is 0 Å². The summed E-state index contributed by atoms with van der Waals surface area (Å²) >= 11 is 5.87. The van der Waals surface area contributed by atoms with E-state index in [1.807, 2.05) is 18.2 Å². The van der Waals surface area contributed by atoms with Crippen molar-refractivity contribution < 1.29 is 4.79 Å². The Kier molecular flexibility index (Phi) is 1.46. The lowest BCUT2D eigenvalue weighted by atomic mass is 9.79. The standard InChI is InChI=1S/C9H7ClO/c10-9-3-1-2-7-6(5-11)4-8(7)9/h1-3,5-6H,4H2. The van der Waals surface area contributed by atoms with Crippen molar-refractivity contribution in [2.24, 2.45) is 0 Å². The molecular weight excluding hydrogens is 160 g/mol. The van der Waals surface area contributed by atoms with Gasteiger partial charge in [-0.25, -0.2) is 0 Å². The van der Waals surface area contributed by atoms with Crippen molar-refractivity contribution in [3.8, 4) is 0 Å². The Balaban J connectivity index is 2.48. The van der Waals surface area contributed by atoms with E-state index in [0.29, 0.717) is 0 Å². The molecule has 0 saturated carbocycles. The van der Waals surface area contributed by atoms with Gasteiger partial charge in [0.15, 0.2) is 0 Å². The second-order valence-electron chi connectivity index (χ2n) is 2.75. The summed E-state index contributed by atoms with van der Waals surface area (Å²) in [6.45, 7) is 0. The molecule has 1 aromatic rings. The molecule has 1 aliphatic carbocycles. The molecule has 11 heavy (non-hydrogen) atoms. The molecule has 1 aromatic carbocycles. The summed E-state index contributed by atoms with van der Waals surface area (Å²) in [5.41, 5.74) is 2.25. The van der Waals surface area contributed by atoms with E-state index in [1.54, 1.807) is 0 Å². The number of benzene rings is 1. The summed E-state index contributed by atoms with van der Waals surface area (Å²) in [5, 5.41) is 0.792. The molecule has 1 nitrogen and oxygen atoms in total. The lowest BCUT2D eigenvalue weighted by Crippen LogP contribution is -2.18. The maximum absolute atomic E-state index is 10.4. The first-order chi connectivity index (χ1) is 5.33. The van der Waals surface area contributed by atoms with Gasteiger partial charge in [-0.2, -0.15) is 0 Å². The van der Waals surface area contributed by atoms with Crippen molar-refractivity contribution in [1.82, 2.24) is 0 Å². The van der Waals surface area contributed by atoms with Crippen LogP contribution in [-0.4, -0.2) is 6.29 Å². The third kappa shape index (κ3) is 0.881. The van der Waals surface area contributed by atoms with Crippen LogP contribution < -0.4 is 0 Å². The lowest BCUT2D eigenvalue weighted by molar-refractivity contribution is -0.109. The topological polar surface area (TPSA) is 17.1 Å². The number of hydrogen-bond acceptors (Lipinski definition) is 1. The highest BCUT2D eigenvalue weighted by Gasteiger charge is 2.26. The van der Waals surface area contributed by atoms with E-state index in [2.05, 4.69) is 0 Å². The van der Waals surface area contributed by atoms with Crippen LogP contribution in [0.25, 0.3) is 0 Å². The van der Waals surface area contributed by atoms with E-state index >= 15 is 0 Å². The molecule has 1 atom stereocenters. The molecule has 0 radical (unpaired) electrons. The zero-order valence-electron chi connectivity index (χ0n) is 5.88. The first kappa shape index (κ1) is 6.86. The van der Waals surface area contributed by atoms with Crippen molar-refractivity contribution in [2.75, 3.05) is 0 Å². The van der Waals surface area contributed by atoms with Crippen molar-refractivity contribution >= 4 is 17.9 Å². The van der Waals surface area contributed by atoms with Gasteiger partial charge in [-0.1, -0.05) is 23.7 Å². The molecule has 0 amide bonds. The number of halogens is 1. The number of hydrogen-bond donors (Lipinski definition) is 0. The average molecular weight is 167 g/mol. The molecule has 2 heteroatoms. The monoisotopic (exact) mass is 166 g/mol. The van der Waals surface area contributed by atoms with E-state index < -0.39 is 0 Å². The van der Waals surface area contributed by atoms with Gasteiger partial charge in [-0.3, -0.25) is 0 Å². The van der Waals surface area contributed by atoms with E-state index in [4.69, 9.17) is 11.6 Å². The summed E-state index contributed by atoms with van der Waals surface area (Å²) < 4.78 is 0. The van der Waals surface area contributed by atoms with Crippen LogP contribution in [0.4, 0.5) is 0 Å². The molecule has 0 fully saturated rings. The van der Waals surface area contributed by atoms with Crippen LogP contribution >= 0.6 is 11.6 Å². The maximum Gasteiger partial charge on any atom is 0.127 e. The van der Waals surface area contributed by atoms with Gasteiger partial charge < -0.3 is 4.79 Å². The summed E-state index contributed by atoms with van der Waals surface area (Å²) in [6, 6.07) is 5.71. The zero-order chi connectivity index (χ0) is 7.84. The Labute approximate surface area is 70.0 Å². The predicted molar refractivity (Wildman–Crippen MR) is 44.0 cm³/mol. The molecule has 0 N–H and O–H groups in total. The second-order valence-corrected chi connectivity index (χ2v) is 3.16. The molecule has 0 aliphatic heterocycles. The van der Waals surface area contributed by atoms with Crippen LogP contribution in [0.15, 0.2) is 18.2 Å². The Morgan fingerprint density at radius 3 is 3.09 bits per heavy atom. The van der Waals surface area contributed by atoms with Gasteiger partial charge in [0, 0.05) is 10.9 Å². The quantitative estimate of drug-likeness (QED) is 0.585. The molecular formula is C9H7ClO. The fourth-order valence-corrected chi connectivity index (χ4v) is 1.72. The van der Waals surface area contributed by atoms with Crippen LogP contribution in [0.5, 0.6) is 0 Å². The minimum Gasteiger partial charge on any atom is -0.303 e. The van der Waals surface area contributed by atoms with Gasteiger partial charge in [0.25, 0.3) is 0 Å². The highest BCUT2D eigenvalue weighted by atomic mass is 35.5. The van der Waals surface area contributed by atoms with E-state index in [0.717, 1.165) is 28.9 Å². The minimum atomic E-state index is 0.101. The smallest absolute Gasteiger partial charge is 0.127 e. The Hall–Kier alpha value is -0.820.